The molecule has 17 rings (SSSR count). The summed E-state index contributed by atoms with van der Waals surface area (Å²) in [6, 6.07) is 83.1. The third-order valence-corrected chi connectivity index (χ3v) is 23.0. The molecule has 0 bridgehead atoms. The predicted molar refractivity (Wildman–Crippen MR) is 360 cm³/mol. The van der Waals surface area contributed by atoms with Crippen LogP contribution >= 0.6 is 0 Å². The number of fused-ring (bicyclic) bond motifs is 9. The Labute approximate surface area is 503 Å². The molecule has 9 atom stereocenters. The van der Waals surface area contributed by atoms with Crippen molar-refractivity contribution in [3.8, 4) is 44.5 Å². The molecular formula is C82H77N3. The lowest BCUT2D eigenvalue weighted by Gasteiger charge is -2.46. The molecule has 0 aromatic heterocycles. The van der Waals surface area contributed by atoms with E-state index in [-0.39, 0.29) is 16.6 Å². The van der Waals surface area contributed by atoms with Crippen molar-refractivity contribution in [2.24, 2.45) is 17.8 Å². The summed E-state index contributed by atoms with van der Waals surface area (Å²) in [6.07, 6.45) is 11.1. The number of rotatable bonds is 7. The van der Waals surface area contributed by atoms with Crippen LogP contribution in [0.25, 0.3) is 76.8 Å². The third-order valence-electron chi connectivity index (χ3n) is 23.0. The van der Waals surface area contributed by atoms with Gasteiger partial charge in [-0.3, -0.25) is 0 Å². The number of nitrogens with zero attached hydrogens (tertiary/aromatic N) is 3. The molecule has 3 aliphatic carbocycles. The van der Waals surface area contributed by atoms with E-state index >= 15 is 0 Å². The first kappa shape index (κ1) is 51.3. The van der Waals surface area contributed by atoms with Crippen LogP contribution in [0.1, 0.15) is 134 Å². The van der Waals surface area contributed by atoms with Gasteiger partial charge < -0.3 is 14.7 Å². The first-order chi connectivity index (χ1) is 41.5. The highest BCUT2D eigenvalue weighted by atomic mass is 15.3. The summed E-state index contributed by atoms with van der Waals surface area (Å²) in [5, 5.41) is 8.03. The molecule has 6 aliphatic rings. The molecule has 11 aromatic rings. The van der Waals surface area contributed by atoms with Crippen LogP contribution in [0.15, 0.2) is 212 Å². The van der Waals surface area contributed by atoms with E-state index in [0.29, 0.717) is 35.5 Å². The maximum absolute atomic E-state index is 2.73. The number of hydrogen-bond donors (Lipinski definition) is 0. The Morgan fingerprint density at radius 1 is 0.306 bits per heavy atom. The van der Waals surface area contributed by atoms with Crippen molar-refractivity contribution in [3.63, 3.8) is 0 Å². The topological polar surface area (TPSA) is 9.72 Å². The van der Waals surface area contributed by atoms with Crippen LogP contribution in [0.3, 0.4) is 0 Å². The van der Waals surface area contributed by atoms with Gasteiger partial charge in [-0.1, -0.05) is 167 Å². The SMILES string of the molecule is CC1CCCC2(C)C1c1cc(-c3cc(-c4ccccc4)c4ccc5c(-c6ccc7c(c6)C6C(C)CCCC6(C)N7c6ccccc6)cc(-c6ccc7c(c6)C6C(C)CCCC6(C)N7c6ccccc6)c6ccc3c4c56)ccc1N2c1ccccc1. The van der Waals surface area contributed by atoms with Gasteiger partial charge in [0, 0.05) is 68.5 Å². The molecule has 3 aliphatic heterocycles. The highest BCUT2D eigenvalue weighted by molar-refractivity contribution is 6.32. The molecule has 0 spiro atoms. The largest absolute Gasteiger partial charge is 0.335 e. The van der Waals surface area contributed by atoms with Crippen LogP contribution in [0.2, 0.25) is 0 Å². The molecule has 0 N–H and O–H groups in total. The smallest absolute Gasteiger partial charge is 0.0495 e. The van der Waals surface area contributed by atoms with E-state index < -0.39 is 0 Å². The summed E-state index contributed by atoms with van der Waals surface area (Å²) in [6.45, 7) is 15.3. The fourth-order valence-electron chi connectivity index (χ4n) is 19.8. The van der Waals surface area contributed by atoms with Gasteiger partial charge in [0.15, 0.2) is 0 Å². The molecule has 0 radical (unpaired) electrons. The van der Waals surface area contributed by atoms with Gasteiger partial charge in [-0.2, -0.15) is 0 Å². The Balaban J connectivity index is 0.935. The van der Waals surface area contributed by atoms with Crippen LogP contribution in [-0.2, 0) is 0 Å². The molecule has 85 heavy (non-hydrogen) atoms. The summed E-state index contributed by atoms with van der Waals surface area (Å²) >= 11 is 0. The molecule has 11 aromatic carbocycles. The molecule has 9 unspecified atom stereocenters. The van der Waals surface area contributed by atoms with Crippen LogP contribution < -0.4 is 14.7 Å². The van der Waals surface area contributed by atoms with Gasteiger partial charge in [-0.05, 0) is 255 Å². The van der Waals surface area contributed by atoms with Crippen LogP contribution in [0.5, 0.6) is 0 Å². The van der Waals surface area contributed by atoms with Gasteiger partial charge in [-0.25, -0.2) is 0 Å². The molecular weight excluding hydrogens is 1030 g/mol. The van der Waals surface area contributed by atoms with E-state index in [1.807, 2.05) is 0 Å². The first-order valence-corrected chi connectivity index (χ1v) is 32.3. The van der Waals surface area contributed by atoms with Crippen molar-refractivity contribution in [2.45, 2.75) is 134 Å². The fraction of sp³-hybridized carbons (Fsp3) is 0.293. The van der Waals surface area contributed by atoms with Gasteiger partial charge >= 0.3 is 0 Å². The van der Waals surface area contributed by atoms with E-state index in [0.717, 1.165) is 0 Å². The quantitative estimate of drug-likeness (QED) is 0.147. The lowest BCUT2D eigenvalue weighted by Crippen LogP contribution is -2.47. The summed E-state index contributed by atoms with van der Waals surface area (Å²) in [5.41, 5.74) is 23.0. The maximum atomic E-state index is 2.73. The van der Waals surface area contributed by atoms with Crippen molar-refractivity contribution < 1.29 is 0 Å². The second-order valence-electron chi connectivity index (χ2n) is 27.8. The Kier molecular flexibility index (Phi) is 11.4. The molecule has 0 saturated heterocycles. The molecule has 3 heteroatoms. The number of hydrogen-bond acceptors (Lipinski definition) is 3. The molecule has 3 heterocycles. The number of anilines is 6. The van der Waals surface area contributed by atoms with E-state index in [4.69, 9.17) is 0 Å². The summed E-state index contributed by atoms with van der Waals surface area (Å²) < 4.78 is 0. The highest BCUT2D eigenvalue weighted by Gasteiger charge is 2.55. The van der Waals surface area contributed by atoms with Gasteiger partial charge in [0.1, 0.15) is 0 Å². The monoisotopic (exact) mass is 1100 g/mol. The van der Waals surface area contributed by atoms with E-state index in [9.17, 15) is 0 Å². The molecule has 3 fully saturated rings. The van der Waals surface area contributed by atoms with Crippen molar-refractivity contribution in [2.75, 3.05) is 14.7 Å². The molecule has 3 saturated carbocycles. The molecule has 3 nitrogen and oxygen atoms in total. The number of para-hydroxylation sites is 3. The van der Waals surface area contributed by atoms with E-state index in [1.54, 1.807) is 0 Å². The minimum absolute atomic E-state index is 0.000709. The van der Waals surface area contributed by atoms with Gasteiger partial charge in [0.25, 0.3) is 0 Å². The van der Waals surface area contributed by atoms with Gasteiger partial charge in [-0.15, -0.1) is 0 Å². The van der Waals surface area contributed by atoms with Crippen molar-refractivity contribution in [3.05, 3.63) is 229 Å². The Morgan fingerprint density at radius 3 is 0.894 bits per heavy atom. The standard InChI is InChI=1S/C82H77N3/c1-51-22-19-43-80(4)77(51)69-46-55(33-40-72(69)83(80)58-27-13-8-14-28-58)66-49-65(54-25-11-7-12-26-54)61-36-37-63-67(56-34-41-73-70(47-56)78-52(2)23-20-44-81(78,5)84(73)59-29-15-9-16-30-59)50-68(64-39-38-62(66)75(61)76(63)64)57-35-42-74-71(48-57)79-53(3)24-21-45-82(79,6)85(74)60-31-17-10-18-32-60/h7-18,25-42,46-53,77-79H,19-24,43-45H2,1-6H3. The summed E-state index contributed by atoms with van der Waals surface area (Å²) in [7, 11) is 0. The van der Waals surface area contributed by atoms with Crippen molar-refractivity contribution >= 4 is 66.4 Å². The zero-order valence-electron chi connectivity index (χ0n) is 50.4. The zero-order valence-corrected chi connectivity index (χ0v) is 50.4. The Morgan fingerprint density at radius 2 is 0.588 bits per heavy atom. The van der Waals surface area contributed by atoms with Crippen LogP contribution in [-0.4, -0.2) is 16.6 Å². The van der Waals surface area contributed by atoms with Gasteiger partial charge in [0.05, 0.1) is 0 Å². The van der Waals surface area contributed by atoms with Crippen LogP contribution in [0.4, 0.5) is 34.1 Å². The second-order valence-corrected chi connectivity index (χ2v) is 27.8. The van der Waals surface area contributed by atoms with Crippen molar-refractivity contribution in [1.82, 2.24) is 0 Å². The minimum Gasteiger partial charge on any atom is -0.335 e. The normalized spacial score (nSPS) is 26.6. The van der Waals surface area contributed by atoms with Gasteiger partial charge in [0.2, 0.25) is 0 Å². The van der Waals surface area contributed by atoms with Crippen LogP contribution in [0, 0.1) is 17.8 Å². The third kappa shape index (κ3) is 7.31. The highest BCUT2D eigenvalue weighted by Crippen LogP contribution is 2.64. The van der Waals surface area contributed by atoms with E-state index in [2.05, 4.69) is 269 Å². The summed E-state index contributed by atoms with van der Waals surface area (Å²) in [4.78, 5) is 8.17. The fourth-order valence-corrected chi connectivity index (χ4v) is 19.8. The average molecular weight is 1100 g/mol. The minimum atomic E-state index is -0.00806. The summed E-state index contributed by atoms with van der Waals surface area (Å²) in [5.74, 6) is 2.98. The Bertz CT molecular complexity index is 4290. The average Bonchev–Trinajstić information content (AvgIpc) is 1.79. The maximum Gasteiger partial charge on any atom is 0.0495 e. The first-order valence-electron chi connectivity index (χ1n) is 32.3. The number of benzene rings is 11. The lowest BCUT2D eigenvalue weighted by atomic mass is 9.67. The van der Waals surface area contributed by atoms with E-state index in [1.165, 1.54) is 185 Å². The lowest BCUT2D eigenvalue weighted by molar-refractivity contribution is 0.223. The van der Waals surface area contributed by atoms with Crippen molar-refractivity contribution in [1.29, 1.82) is 0 Å². The second kappa shape index (κ2) is 18.9. The zero-order chi connectivity index (χ0) is 57.1. The molecule has 420 valence electrons. The Hall–Kier alpha value is -8.14. The molecule has 0 amide bonds. The predicted octanol–water partition coefficient (Wildman–Crippen LogP) is 22.7.